The molecule has 0 bridgehead atoms. The van der Waals surface area contributed by atoms with Gasteiger partial charge in [-0.25, -0.2) is 4.98 Å². The number of amides is 2. The first kappa shape index (κ1) is 22.3. The molecule has 3 rings (SSSR count). The van der Waals surface area contributed by atoms with E-state index in [0.717, 1.165) is 4.47 Å². The number of ether oxygens (including phenoxy) is 1. The Morgan fingerprint density at radius 1 is 1.00 bits per heavy atom. The van der Waals surface area contributed by atoms with Gasteiger partial charge in [0.1, 0.15) is 17.9 Å². The molecule has 6 nitrogen and oxygen atoms in total. The molecular weight excluding hydrogens is 479 g/mol. The lowest BCUT2D eigenvalue weighted by Crippen LogP contribution is -2.33. The number of alkyl halides is 3. The highest BCUT2D eigenvalue weighted by Gasteiger charge is 2.27. The Kier molecular flexibility index (Phi) is 6.91. The quantitative estimate of drug-likeness (QED) is 0.495. The van der Waals surface area contributed by atoms with E-state index in [-0.39, 0.29) is 17.0 Å². The van der Waals surface area contributed by atoms with Crippen LogP contribution in [0, 0.1) is 0 Å². The third-order valence-corrected chi connectivity index (χ3v) is 4.37. The number of nitrogens with one attached hydrogen (secondary N) is 2. The Balaban J connectivity index is 1.69. The topological polar surface area (TPSA) is 80.3 Å². The Labute approximate surface area is 183 Å². The van der Waals surface area contributed by atoms with Gasteiger partial charge in [0.15, 0.2) is 0 Å². The number of anilines is 1. The van der Waals surface area contributed by atoms with E-state index < -0.39 is 24.5 Å². The summed E-state index contributed by atoms with van der Waals surface area (Å²) >= 11 is 3.34. The van der Waals surface area contributed by atoms with E-state index in [9.17, 15) is 22.8 Å². The molecule has 2 amide bonds. The summed E-state index contributed by atoms with van der Waals surface area (Å²) in [5.74, 6) is -0.794. The molecule has 0 saturated carbocycles. The minimum Gasteiger partial charge on any atom is -0.438 e. The number of rotatable bonds is 6. The second-order valence-electron chi connectivity index (χ2n) is 6.24. The second-order valence-corrected chi connectivity index (χ2v) is 7.16. The van der Waals surface area contributed by atoms with Gasteiger partial charge in [0.2, 0.25) is 5.88 Å². The molecule has 3 aromatic rings. The normalized spacial score (nSPS) is 11.0. The summed E-state index contributed by atoms with van der Waals surface area (Å²) in [4.78, 5) is 28.5. The van der Waals surface area contributed by atoms with Crippen LogP contribution < -0.4 is 15.4 Å². The van der Waals surface area contributed by atoms with E-state index in [1.165, 1.54) is 36.5 Å². The zero-order valence-electron chi connectivity index (χ0n) is 15.7. The highest BCUT2D eigenvalue weighted by atomic mass is 79.9. The van der Waals surface area contributed by atoms with E-state index >= 15 is 0 Å². The van der Waals surface area contributed by atoms with Gasteiger partial charge in [-0.15, -0.1) is 0 Å². The number of hydrogen-bond donors (Lipinski definition) is 2. The standard InChI is InChI=1S/C21H15BrF3N3O3/c22-14-3-1-4-16(11-14)31-20-17(5-2-10-26-20)19(30)28-15-8-6-13(7-9-15)18(29)27-12-21(23,24)25/h1-11H,12H2,(H,27,29)(H,28,30). The number of halogens is 4. The van der Waals surface area contributed by atoms with E-state index in [2.05, 4.69) is 26.2 Å². The van der Waals surface area contributed by atoms with Gasteiger partial charge in [0.25, 0.3) is 11.8 Å². The van der Waals surface area contributed by atoms with Crippen LogP contribution in [0.15, 0.2) is 71.3 Å². The summed E-state index contributed by atoms with van der Waals surface area (Å²) in [6, 6.07) is 15.6. The highest BCUT2D eigenvalue weighted by molar-refractivity contribution is 9.10. The lowest BCUT2D eigenvalue weighted by Gasteiger charge is -2.11. The Morgan fingerprint density at radius 3 is 2.42 bits per heavy atom. The summed E-state index contributed by atoms with van der Waals surface area (Å²) in [7, 11) is 0. The molecule has 0 atom stereocenters. The maximum atomic E-state index is 12.7. The molecule has 2 aromatic carbocycles. The molecule has 0 radical (unpaired) electrons. The molecular formula is C21H15BrF3N3O3. The molecule has 10 heteroatoms. The summed E-state index contributed by atoms with van der Waals surface area (Å²) in [5.41, 5.74) is 0.548. The smallest absolute Gasteiger partial charge is 0.405 e. The third kappa shape index (κ3) is 6.54. The van der Waals surface area contributed by atoms with Gasteiger partial charge in [0.05, 0.1) is 0 Å². The van der Waals surface area contributed by atoms with Crippen molar-refractivity contribution in [2.75, 3.05) is 11.9 Å². The van der Waals surface area contributed by atoms with E-state index in [1.807, 2.05) is 6.07 Å². The van der Waals surface area contributed by atoms with Crippen LogP contribution in [0.1, 0.15) is 20.7 Å². The van der Waals surface area contributed by atoms with Crippen molar-refractivity contribution in [3.05, 3.63) is 82.5 Å². The van der Waals surface area contributed by atoms with Crippen LogP contribution in [-0.2, 0) is 0 Å². The minimum atomic E-state index is -4.50. The van der Waals surface area contributed by atoms with E-state index in [4.69, 9.17) is 4.74 Å². The number of benzene rings is 2. The van der Waals surface area contributed by atoms with Gasteiger partial charge in [0, 0.05) is 21.9 Å². The summed E-state index contributed by atoms with van der Waals surface area (Å²) in [6.45, 7) is -1.42. The maximum Gasteiger partial charge on any atom is 0.405 e. The number of carbonyl (C=O) groups excluding carboxylic acids is 2. The van der Waals surface area contributed by atoms with Crippen molar-refractivity contribution in [3.63, 3.8) is 0 Å². The zero-order chi connectivity index (χ0) is 22.4. The molecule has 0 saturated heterocycles. The van der Waals surface area contributed by atoms with Crippen molar-refractivity contribution in [2.45, 2.75) is 6.18 Å². The van der Waals surface area contributed by atoms with Crippen molar-refractivity contribution in [1.29, 1.82) is 0 Å². The number of pyridine rings is 1. The maximum absolute atomic E-state index is 12.7. The average molecular weight is 494 g/mol. The number of carbonyl (C=O) groups is 2. The lowest BCUT2D eigenvalue weighted by atomic mass is 10.2. The van der Waals surface area contributed by atoms with E-state index in [1.54, 1.807) is 29.6 Å². The third-order valence-electron chi connectivity index (χ3n) is 3.88. The molecule has 1 aromatic heterocycles. The molecule has 0 fully saturated rings. The predicted molar refractivity (Wildman–Crippen MR) is 111 cm³/mol. The summed E-state index contributed by atoms with van der Waals surface area (Å²) in [6.07, 6.45) is -3.01. The van der Waals surface area contributed by atoms with Crippen molar-refractivity contribution >= 4 is 33.4 Å². The van der Waals surface area contributed by atoms with Gasteiger partial charge in [-0.1, -0.05) is 22.0 Å². The molecule has 160 valence electrons. The van der Waals surface area contributed by atoms with Crippen molar-refractivity contribution < 1.29 is 27.5 Å². The zero-order valence-corrected chi connectivity index (χ0v) is 17.3. The average Bonchev–Trinajstić information content (AvgIpc) is 2.72. The first-order valence-corrected chi connectivity index (χ1v) is 9.65. The monoisotopic (exact) mass is 493 g/mol. The van der Waals surface area contributed by atoms with Gasteiger partial charge in [-0.3, -0.25) is 9.59 Å². The molecule has 1 heterocycles. The lowest BCUT2D eigenvalue weighted by molar-refractivity contribution is -0.123. The fourth-order valence-corrected chi connectivity index (χ4v) is 2.85. The van der Waals surface area contributed by atoms with Crippen molar-refractivity contribution in [3.8, 4) is 11.6 Å². The van der Waals surface area contributed by atoms with Crippen LogP contribution in [0.5, 0.6) is 11.6 Å². The van der Waals surface area contributed by atoms with Crippen LogP contribution in [0.2, 0.25) is 0 Å². The van der Waals surface area contributed by atoms with E-state index in [0.29, 0.717) is 11.4 Å². The summed E-state index contributed by atoms with van der Waals surface area (Å²) < 4.78 is 43.1. The van der Waals surface area contributed by atoms with Crippen LogP contribution in [0.25, 0.3) is 0 Å². The van der Waals surface area contributed by atoms with Crippen LogP contribution in [-0.4, -0.2) is 29.5 Å². The van der Waals surface area contributed by atoms with Crippen LogP contribution in [0.3, 0.4) is 0 Å². The van der Waals surface area contributed by atoms with Crippen molar-refractivity contribution in [1.82, 2.24) is 10.3 Å². The van der Waals surface area contributed by atoms with Crippen LogP contribution >= 0.6 is 15.9 Å². The molecule has 0 unspecified atom stereocenters. The van der Waals surface area contributed by atoms with Crippen molar-refractivity contribution in [2.24, 2.45) is 0 Å². The van der Waals surface area contributed by atoms with Gasteiger partial charge in [-0.05, 0) is 54.6 Å². The fourth-order valence-electron chi connectivity index (χ4n) is 2.47. The van der Waals surface area contributed by atoms with Crippen LogP contribution in [0.4, 0.5) is 18.9 Å². The molecule has 0 aliphatic heterocycles. The Hall–Kier alpha value is -3.40. The van der Waals surface area contributed by atoms with Gasteiger partial charge >= 0.3 is 6.18 Å². The second kappa shape index (κ2) is 9.61. The number of aromatic nitrogens is 1. The molecule has 2 N–H and O–H groups in total. The molecule has 0 spiro atoms. The minimum absolute atomic E-state index is 0.0299. The summed E-state index contributed by atoms with van der Waals surface area (Å²) in [5, 5.41) is 4.42. The fraction of sp³-hybridized carbons (Fsp3) is 0.0952. The molecule has 31 heavy (non-hydrogen) atoms. The van der Waals surface area contributed by atoms with Gasteiger partial charge < -0.3 is 15.4 Å². The first-order valence-electron chi connectivity index (χ1n) is 8.86. The highest BCUT2D eigenvalue weighted by Crippen LogP contribution is 2.26. The molecule has 0 aliphatic carbocycles. The number of nitrogens with zero attached hydrogens (tertiary/aromatic N) is 1. The SMILES string of the molecule is O=C(NCC(F)(F)F)c1ccc(NC(=O)c2cccnc2Oc2cccc(Br)c2)cc1. The Morgan fingerprint density at radius 2 is 1.74 bits per heavy atom. The number of hydrogen-bond acceptors (Lipinski definition) is 4. The Bertz CT molecular complexity index is 1090. The largest absolute Gasteiger partial charge is 0.438 e. The predicted octanol–water partition coefficient (Wildman–Crippen LogP) is 5.18. The first-order chi connectivity index (χ1) is 14.7. The molecule has 0 aliphatic rings. The van der Waals surface area contributed by atoms with Gasteiger partial charge in [-0.2, -0.15) is 13.2 Å².